The number of carbonyl (C=O) groups is 2. The van der Waals surface area contributed by atoms with Crippen molar-refractivity contribution in [1.29, 1.82) is 0 Å². The van der Waals surface area contributed by atoms with Crippen molar-refractivity contribution in [2.24, 2.45) is 0 Å². The van der Waals surface area contributed by atoms with Gasteiger partial charge in [-0.25, -0.2) is 4.98 Å². The molecule has 0 aromatic carbocycles. The van der Waals surface area contributed by atoms with Crippen molar-refractivity contribution in [2.45, 2.75) is 26.3 Å². The standard InChI is InChI=1S/C10H12N2O2S/c1-2-7-5-11-9(15-7)6-12-4-3-8(13)10(12)14/h5H,2-4,6H2,1H3. The molecule has 1 aliphatic rings. The summed E-state index contributed by atoms with van der Waals surface area (Å²) in [7, 11) is 0. The molecule has 0 N–H and O–H groups in total. The Bertz CT molecular complexity index is 400. The molecule has 4 nitrogen and oxygen atoms in total. The first-order valence-corrected chi connectivity index (χ1v) is 5.78. The number of likely N-dealkylation sites (tertiary alicyclic amines) is 1. The Balaban J connectivity index is 2.03. The van der Waals surface area contributed by atoms with Gasteiger partial charge in [-0.1, -0.05) is 6.92 Å². The highest BCUT2D eigenvalue weighted by Gasteiger charge is 2.29. The number of nitrogens with zero attached hydrogens (tertiary/aromatic N) is 2. The zero-order chi connectivity index (χ0) is 10.8. The van der Waals surface area contributed by atoms with Crippen LogP contribution in [0.5, 0.6) is 0 Å². The van der Waals surface area contributed by atoms with Crippen LogP contribution >= 0.6 is 11.3 Å². The summed E-state index contributed by atoms with van der Waals surface area (Å²) in [5.41, 5.74) is 0. The normalized spacial score (nSPS) is 16.5. The molecule has 0 radical (unpaired) electrons. The minimum Gasteiger partial charge on any atom is -0.329 e. The maximum Gasteiger partial charge on any atom is 0.290 e. The minimum atomic E-state index is -0.358. The van der Waals surface area contributed by atoms with E-state index in [2.05, 4.69) is 11.9 Å². The monoisotopic (exact) mass is 224 g/mol. The van der Waals surface area contributed by atoms with Gasteiger partial charge in [0.25, 0.3) is 5.91 Å². The molecule has 1 aromatic rings. The number of rotatable bonds is 3. The Morgan fingerprint density at radius 3 is 2.87 bits per heavy atom. The summed E-state index contributed by atoms with van der Waals surface area (Å²) >= 11 is 1.61. The van der Waals surface area contributed by atoms with Crippen LogP contribution in [0.4, 0.5) is 0 Å². The Kier molecular flexibility index (Phi) is 2.81. The molecule has 0 aliphatic carbocycles. The van der Waals surface area contributed by atoms with E-state index in [-0.39, 0.29) is 11.7 Å². The summed E-state index contributed by atoms with van der Waals surface area (Å²) in [5, 5.41) is 0.912. The van der Waals surface area contributed by atoms with Crippen molar-refractivity contribution in [2.75, 3.05) is 6.54 Å². The van der Waals surface area contributed by atoms with E-state index in [0.717, 1.165) is 11.4 Å². The fraction of sp³-hybridized carbons (Fsp3) is 0.500. The van der Waals surface area contributed by atoms with E-state index in [9.17, 15) is 9.59 Å². The number of amides is 1. The van der Waals surface area contributed by atoms with Crippen LogP contribution in [0.15, 0.2) is 6.20 Å². The Hall–Kier alpha value is -1.23. The smallest absolute Gasteiger partial charge is 0.290 e. The first-order valence-electron chi connectivity index (χ1n) is 4.96. The minimum absolute atomic E-state index is 0.276. The van der Waals surface area contributed by atoms with E-state index < -0.39 is 0 Å². The first-order chi connectivity index (χ1) is 7.20. The number of aromatic nitrogens is 1. The van der Waals surface area contributed by atoms with Crippen LogP contribution in [0.1, 0.15) is 23.2 Å². The van der Waals surface area contributed by atoms with E-state index in [1.807, 2.05) is 6.20 Å². The SMILES string of the molecule is CCc1cnc(CN2CCC(=O)C2=O)s1. The average molecular weight is 224 g/mol. The molecule has 0 saturated carbocycles. The Morgan fingerprint density at radius 2 is 2.33 bits per heavy atom. The molecule has 0 bridgehead atoms. The van der Waals surface area contributed by atoms with Gasteiger partial charge in [0.15, 0.2) is 0 Å². The highest BCUT2D eigenvalue weighted by atomic mass is 32.1. The lowest BCUT2D eigenvalue weighted by Crippen LogP contribution is -2.26. The number of ketones is 1. The third kappa shape index (κ3) is 2.07. The number of Topliss-reactive ketones (excluding diaryl/α,β-unsaturated/α-hetero) is 1. The highest BCUT2D eigenvalue weighted by molar-refractivity contribution is 7.11. The average Bonchev–Trinajstić information content (AvgIpc) is 2.80. The van der Waals surface area contributed by atoms with Crippen LogP contribution in [-0.4, -0.2) is 28.1 Å². The fourth-order valence-corrected chi connectivity index (χ4v) is 2.40. The fourth-order valence-electron chi connectivity index (χ4n) is 1.52. The van der Waals surface area contributed by atoms with Crippen LogP contribution in [0.3, 0.4) is 0 Å². The van der Waals surface area contributed by atoms with Crippen LogP contribution in [0.25, 0.3) is 0 Å². The van der Waals surface area contributed by atoms with Crippen LogP contribution in [-0.2, 0) is 22.6 Å². The number of aryl methyl sites for hydroxylation is 1. The molecular weight excluding hydrogens is 212 g/mol. The summed E-state index contributed by atoms with van der Waals surface area (Å²) in [6.07, 6.45) is 3.15. The molecule has 0 atom stereocenters. The molecule has 0 spiro atoms. The van der Waals surface area contributed by atoms with Crippen LogP contribution in [0, 0.1) is 0 Å². The van der Waals surface area contributed by atoms with Crippen molar-refractivity contribution in [3.05, 3.63) is 16.1 Å². The van der Waals surface area contributed by atoms with E-state index >= 15 is 0 Å². The molecule has 15 heavy (non-hydrogen) atoms. The van der Waals surface area contributed by atoms with Gasteiger partial charge in [-0.3, -0.25) is 9.59 Å². The maximum atomic E-state index is 11.3. The van der Waals surface area contributed by atoms with Gasteiger partial charge in [0.05, 0.1) is 6.54 Å². The predicted molar refractivity (Wildman–Crippen MR) is 56.5 cm³/mol. The van der Waals surface area contributed by atoms with Crippen molar-refractivity contribution >= 4 is 23.0 Å². The quantitative estimate of drug-likeness (QED) is 0.720. The van der Waals surface area contributed by atoms with Gasteiger partial charge in [-0.05, 0) is 6.42 Å². The van der Waals surface area contributed by atoms with Crippen LogP contribution in [0.2, 0.25) is 0 Å². The molecule has 1 aliphatic heterocycles. The molecule has 1 fully saturated rings. The van der Waals surface area contributed by atoms with Gasteiger partial charge < -0.3 is 4.90 Å². The molecule has 2 rings (SSSR count). The van der Waals surface area contributed by atoms with E-state index in [0.29, 0.717) is 19.5 Å². The van der Waals surface area contributed by atoms with Crippen molar-refractivity contribution in [3.63, 3.8) is 0 Å². The number of hydrogen-bond donors (Lipinski definition) is 0. The lowest BCUT2D eigenvalue weighted by molar-refractivity contribution is -0.140. The summed E-state index contributed by atoms with van der Waals surface area (Å²) in [6.45, 7) is 3.09. The second-order valence-electron chi connectivity index (χ2n) is 3.47. The zero-order valence-corrected chi connectivity index (χ0v) is 9.34. The van der Waals surface area contributed by atoms with Crippen molar-refractivity contribution in [1.82, 2.24) is 9.88 Å². The first kappa shape index (κ1) is 10.3. The zero-order valence-electron chi connectivity index (χ0n) is 8.52. The van der Waals surface area contributed by atoms with Gasteiger partial charge >= 0.3 is 0 Å². The van der Waals surface area contributed by atoms with E-state index in [1.165, 1.54) is 4.88 Å². The number of hydrogen-bond acceptors (Lipinski definition) is 4. The van der Waals surface area contributed by atoms with Gasteiger partial charge in [0.2, 0.25) is 5.78 Å². The largest absolute Gasteiger partial charge is 0.329 e. The van der Waals surface area contributed by atoms with Crippen LogP contribution < -0.4 is 0 Å². The lowest BCUT2D eigenvalue weighted by atomic mass is 10.3. The summed E-state index contributed by atoms with van der Waals surface area (Å²) in [4.78, 5) is 29.4. The number of thiazole rings is 1. The third-order valence-corrected chi connectivity index (χ3v) is 3.54. The lowest BCUT2D eigenvalue weighted by Gasteiger charge is -2.11. The Morgan fingerprint density at radius 1 is 1.53 bits per heavy atom. The van der Waals surface area contributed by atoms with Gasteiger partial charge in [-0.2, -0.15) is 0 Å². The summed E-state index contributed by atoms with van der Waals surface area (Å²) in [6, 6.07) is 0. The predicted octanol–water partition coefficient (Wildman–Crippen LogP) is 1.01. The van der Waals surface area contributed by atoms with Crippen molar-refractivity contribution < 1.29 is 9.59 Å². The highest BCUT2D eigenvalue weighted by Crippen LogP contribution is 2.17. The molecule has 5 heteroatoms. The van der Waals surface area contributed by atoms with Gasteiger partial charge in [-0.15, -0.1) is 11.3 Å². The van der Waals surface area contributed by atoms with Gasteiger partial charge in [0, 0.05) is 24.0 Å². The van der Waals surface area contributed by atoms with Gasteiger partial charge in [0.1, 0.15) is 5.01 Å². The Labute approximate surface area is 91.9 Å². The second-order valence-corrected chi connectivity index (χ2v) is 4.67. The maximum absolute atomic E-state index is 11.3. The molecule has 80 valence electrons. The second kappa shape index (κ2) is 4.10. The molecule has 1 amide bonds. The molecule has 0 unspecified atom stereocenters. The topological polar surface area (TPSA) is 50.3 Å². The van der Waals surface area contributed by atoms with E-state index in [4.69, 9.17) is 0 Å². The third-order valence-electron chi connectivity index (χ3n) is 2.41. The summed E-state index contributed by atoms with van der Waals surface area (Å²) < 4.78 is 0. The van der Waals surface area contributed by atoms with Crippen molar-refractivity contribution in [3.8, 4) is 0 Å². The number of carbonyl (C=O) groups excluding carboxylic acids is 2. The molecular formula is C10H12N2O2S. The van der Waals surface area contributed by atoms with E-state index in [1.54, 1.807) is 16.2 Å². The molecule has 2 heterocycles. The molecule has 1 saturated heterocycles. The molecule has 1 aromatic heterocycles. The summed E-state index contributed by atoms with van der Waals surface area (Å²) in [5.74, 6) is -0.634.